The molecule has 0 bridgehead atoms. The summed E-state index contributed by atoms with van der Waals surface area (Å²) in [5.74, 6) is -1.05. The number of carbonyl (C=O) groups excluding carboxylic acids is 2. The molecule has 48 heavy (non-hydrogen) atoms. The number of benzene rings is 3. The largest absolute Gasteiger partial charge is 0.444 e. The molecule has 0 heterocycles. The lowest BCUT2D eigenvalue weighted by molar-refractivity contribution is -0.155. The first kappa shape index (κ1) is 38.3. The van der Waals surface area contributed by atoms with Gasteiger partial charge in [0.25, 0.3) is 5.91 Å². The van der Waals surface area contributed by atoms with Crippen LogP contribution in [0.5, 0.6) is 0 Å². The third kappa shape index (κ3) is 11.9. The Morgan fingerprint density at radius 3 is 2.04 bits per heavy atom. The van der Waals surface area contributed by atoms with Crippen LogP contribution in [0.15, 0.2) is 78.9 Å². The van der Waals surface area contributed by atoms with Gasteiger partial charge in [-0.1, -0.05) is 67.6 Å². The minimum absolute atomic E-state index is 0.0260. The van der Waals surface area contributed by atoms with E-state index in [0.717, 1.165) is 16.1 Å². The maximum Gasteiger partial charge on any atom is 0.412 e. The Kier molecular flexibility index (Phi) is 12.7. The molecule has 0 aliphatic carbocycles. The second-order valence-electron chi connectivity index (χ2n) is 12.9. The van der Waals surface area contributed by atoms with Crippen molar-refractivity contribution in [2.45, 2.75) is 77.4 Å². The minimum atomic E-state index is -4.80. The van der Waals surface area contributed by atoms with Gasteiger partial charge in [-0.25, -0.2) is 13.2 Å². The third-order valence-electron chi connectivity index (χ3n) is 7.02. The van der Waals surface area contributed by atoms with Crippen molar-refractivity contribution in [2.24, 2.45) is 0 Å². The summed E-state index contributed by atoms with van der Waals surface area (Å²) in [6, 6.07) is 18.2. The van der Waals surface area contributed by atoms with E-state index in [2.05, 4.69) is 10.6 Å². The molecule has 0 saturated heterocycles. The predicted molar refractivity (Wildman–Crippen MR) is 179 cm³/mol. The molecule has 2 N–H and O–H groups in total. The van der Waals surface area contributed by atoms with Crippen LogP contribution in [0.4, 0.5) is 23.7 Å². The standard InChI is InChI=1S/C35H44F3N3O6S/c1-7-18-41(48(6,44)45)29-20-26(19-28(21-29)31(42)39-30(35(36,37)38)27-16-12-9-13-17-27)23-46-24-34(5,22-25-14-10-8-11-15-25)40-32(43)47-33(2,3)4/h8-17,19-21,30H,7,18,22-24H2,1-6H3,(H,39,42)(H,40,43). The first-order valence-electron chi connectivity index (χ1n) is 15.5. The van der Waals surface area contributed by atoms with Crippen molar-refractivity contribution < 1.29 is 40.7 Å². The molecule has 262 valence electrons. The SMILES string of the molecule is CCCN(c1cc(COCC(C)(Cc2ccccc2)NC(=O)OC(C)(C)C)cc(C(=O)NC(c2ccccc2)C(F)(F)F)c1)S(C)(=O)=O. The van der Waals surface area contributed by atoms with Crippen molar-refractivity contribution in [3.63, 3.8) is 0 Å². The number of hydrogen-bond acceptors (Lipinski definition) is 6. The Morgan fingerprint density at radius 1 is 0.896 bits per heavy atom. The number of anilines is 1. The number of carbonyl (C=O) groups is 2. The van der Waals surface area contributed by atoms with Gasteiger partial charge >= 0.3 is 12.3 Å². The Labute approximate surface area is 280 Å². The molecule has 0 aromatic heterocycles. The van der Waals surface area contributed by atoms with Crippen LogP contribution in [0.3, 0.4) is 0 Å². The van der Waals surface area contributed by atoms with Gasteiger partial charge in [0.1, 0.15) is 5.60 Å². The van der Waals surface area contributed by atoms with Gasteiger partial charge in [-0.2, -0.15) is 13.2 Å². The summed E-state index contributed by atoms with van der Waals surface area (Å²) in [6.45, 7) is 8.69. The average molecular weight is 692 g/mol. The Hall–Kier alpha value is -4.10. The van der Waals surface area contributed by atoms with Crippen LogP contribution in [0.1, 0.15) is 74.1 Å². The summed E-state index contributed by atoms with van der Waals surface area (Å²) in [7, 11) is -3.82. The number of nitrogens with one attached hydrogen (secondary N) is 2. The highest BCUT2D eigenvalue weighted by Crippen LogP contribution is 2.33. The zero-order valence-electron chi connectivity index (χ0n) is 28.1. The normalized spacial score (nSPS) is 14.0. The quantitative estimate of drug-likeness (QED) is 0.189. The summed E-state index contributed by atoms with van der Waals surface area (Å²) >= 11 is 0. The number of rotatable bonds is 14. The number of hydrogen-bond donors (Lipinski definition) is 2. The topological polar surface area (TPSA) is 114 Å². The molecule has 3 aromatic rings. The molecule has 3 aromatic carbocycles. The highest BCUT2D eigenvalue weighted by Gasteiger charge is 2.42. The number of ether oxygens (including phenoxy) is 2. The maximum absolute atomic E-state index is 14.1. The third-order valence-corrected chi connectivity index (χ3v) is 8.21. The number of nitrogens with zero attached hydrogens (tertiary/aromatic N) is 1. The van der Waals surface area contributed by atoms with Crippen molar-refractivity contribution in [3.05, 3.63) is 101 Å². The van der Waals surface area contributed by atoms with Gasteiger partial charge in [0.15, 0.2) is 6.04 Å². The number of sulfonamides is 1. The molecule has 0 fully saturated rings. The smallest absolute Gasteiger partial charge is 0.412 e. The molecule has 2 unspecified atom stereocenters. The van der Waals surface area contributed by atoms with Gasteiger partial charge in [-0.05, 0) is 75.4 Å². The van der Waals surface area contributed by atoms with E-state index in [1.807, 2.05) is 30.3 Å². The Bertz CT molecular complexity index is 1630. The minimum Gasteiger partial charge on any atom is -0.444 e. The highest BCUT2D eigenvalue weighted by molar-refractivity contribution is 7.92. The summed E-state index contributed by atoms with van der Waals surface area (Å²) < 4.78 is 80.3. The van der Waals surface area contributed by atoms with Gasteiger partial charge in [0, 0.05) is 12.1 Å². The highest BCUT2D eigenvalue weighted by atomic mass is 32.2. The monoisotopic (exact) mass is 691 g/mol. The molecule has 0 radical (unpaired) electrons. The fourth-order valence-corrected chi connectivity index (χ4v) is 6.06. The van der Waals surface area contributed by atoms with Crippen LogP contribution in [0, 0.1) is 0 Å². The van der Waals surface area contributed by atoms with E-state index in [-0.39, 0.29) is 36.6 Å². The molecular weight excluding hydrogens is 647 g/mol. The van der Waals surface area contributed by atoms with Crippen molar-refractivity contribution in [1.29, 1.82) is 0 Å². The van der Waals surface area contributed by atoms with Crippen LogP contribution >= 0.6 is 0 Å². The lowest BCUT2D eigenvalue weighted by Gasteiger charge is -2.32. The van der Waals surface area contributed by atoms with Gasteiger partial charge < -0.3 is 20.1 Å². The van der Waals surface area contributed by atoms with Crippen molar-refractivity contribution in [3.8, 4) is 0 Å². The van der Waals surface area contributed by atoms with Crippen LogP contribution in [-0.2, 0) is 32.5 Å². The molecule has 13 heteroatoms. The molecule has 2 atom stereocenters. The van der Waals surface area contributed by atoms with Gasteiger partial charge in [0.2, 0.25) is 10.0 Å². The zero-order chi connectivity index (χ0) is 35.8. The van der Waals surface area contributed by atoms with Gasteiger partial charge in [-0.15, -0.1) is 0 Å². The molecule has 3 rings (SSSR count). The molecule has 0 aliphatic rings. The van der Waals surface area contributed by atoms with E-state index in [0.29, 0.717) is 18.4 Å². The van der Waals surface area contributed by atoms with Crippen LogP contribution in [-0.4, -0.2) is 57.1 Å². The number of alkyl halides is 3. The van der Waals surface area contributed by atoms with E-state index in [1.165, 1.54) is 42.5 Å². The van der Waals surface area contributed by atoms with E-state index in [4.69, 9.17) is 9.47 Å². The zero-order valence-corrected chi connectivity index (χ0v) is 28.9. The van der Waals surface area contributed by atoms with E-state index in [9.17, 15) is 31.2 Å². The van der Waals surface area contributed by atoms with Gasteiger partial charge in [0.05, 0.1) is 30.7 Å². The van der Waals surface area contributed by atoms with Crippen LogP contribution in [0.2, 0.25) is 0 Å². The number of alkyl carbamates (subject to hydrolysis) is 1. The summed E-state index contributed by atoms with van der Waals surface area (Å²) in [5.41, 5.74) is -0.680. The fraction of sp³-hybridized carbons (Fsp3) is 0.429. The first-order valence-corrected chi connectivity index (χ1v) is 17.3. The maximum atomic E-state index is 14.1. The molecular formula is C35H44F3N3O6S. The van der Waals surface area contributed by atoms with Crippen molar-refractivity contribution >= 4 is 27.7 Å². The van der Waals surface area contributed by atoms with Crippen molar-refractivity contribution in [1.82, 2.24) is 10.6 Å². The Morgan fingerprint density at radius 2 is 1.50 bits per heavy atom. The Balaban J connectivity index is 1.95. The van der Waals surface area contributed by atoms with E-state index >= 15 is 0 Å². The van der Waals surface area contributed by atoms with Gasteiger partial charge in [-0.3, -0.25) is 9.10 Å². The number of amides is 2. The summed E-state index contributed by atoms with van der Waals surface area (Å²) in [4.78, 5) is 26.2. The lowest BCUT2D eigenvalue weighted by atomic mass is 9.93. The lowest BCUT2D eigenvalue weighted by Crippen LogP contribution is -2.52. The molecule has 0 saturated carbocycles. The summed E-state index contributed by atoms with van der Waals surface area (Å²) in [6.07, 6.45) is -3.62. The molecule has 0 spiro atoms. The second-order valence-corrected chi connectivity index (χ2v) is 14.8. The van der Waals surface area contributed by atoms with Crippen LogP contribution < -0.4 is 14.9 Å². The second kappa shape index (κ2) is 15.9. The molecule has 2 amide bonds. The fourth-order valence-electron chi connectivity index (χ4n) is 5.06. The molecule has 9 nitrogen and oxygen atoms in total. The first-order chi connectivity index (χ1) is 22.3. The van der Waals surface area contributed by atoms with E-state index < -0.39 is 45.4 Å². The van der Waals surface area contributed by atoms with Crippen LogP contribution in [0.25, 0.3) is 0 Å². The van der Waals surface area contributed by atoms with E-state index in [1.54, 1.807) is 40.7 Å². The van der Waals surface area contributed by atoms with Crippen molar-refractivity contribution in [2.75, 3.05) is 23.7 Å². The average Bonchev–Trinajstić information content (AvgIpc) is 2.97. The predicted octanol–water partition coefficient (Wildman–Crippen LogP) is 6.94. The molecule has 0 aliphatic heterocycles. The summed E-state index contributed by atoms with van der Waals surface area (Å²) in [5, 5.41) is 4.95. The number of halogens is 3.